The average molecular weight is 343 g/mol. The number of rotatable bonds is 3. The third kappa shape index (κ3) is 4.46. The van der Waals surface area contributed by atoms with Crippen molar-refractivity contribution in [1.29, 1.82) is 0 Å². The second-order valence-corrected chi connectivity index (χ2v) is 8.96. The van der Waals surface area contributed by atoms with E-state index in [1.165, 1.54) is 12.1 Å². The third-order valence-corrected chi connectivity index (χ3v) is 5.71. The molecule has 0 unspecified atom stereocenters. The summed E-state index contributed by atoms with van der Waals surface area (Å²) in [6, 6.07) is 6.05. The van der Waals surface area contributed by atoms with E-state index in [2.05, 4.69) is 30.7 Å². The maximum Gasteiger partial charge on any atom is 0.276 e. The predicted octanol–water partition coefficient (Wildman–Crippen LogP) is 4.21. The molecule has 1 aliphatic carbocycles. The molecule has 1 N–H and O–H groups in total. The van der Waals surface area contributed by atoms with E-state index in [9.17, 15) is 8.42 Å². The summed E-state index contributed by atoms with van der Waals surface area (Å²) < 4.78 is 24.3. The van der Waals surface area contributed by atoms with Gasteiger partial charge in [-0.3, -0.25) is 0 Å². The van der Waals surface area contributed by atoms with E-state index in [0.29, 0.717) is 16.4 Å². The molecule has 0 atom stereocenters. The number of nitrogens with one attached hydrogen (secondary N) is 1. The zero-order valence-corrected chi connectivity index (χ0v) is 14.8. The van der Waals surface area contributed by atoms with E-state index in [1.54, 1.807) is 12.1 Å². The topological polar surface area (TPSA) is 58.5 Å². The van der Waals surface area contributed by atoms with Crippen LogP contribution in [0, 0.1) is 11.3 Å². The Kier molecular flexibility index (Phi) is 5.17. The number of sulfonamides is 1. The first-order chi connectivity index (χ1) is 10.2. The van der Waals surface area contributed by atoms with E-state index in [0.717, 1.165) is 31.4 Å². The number of nitrogens with zero attached hydrogens (tertiary/aromatic N) is 1. The maximum absolute atomic E-state index is 12.1. The lowest BCUT2D eigenvalue weighted by molar-refractivity contribution is 0.208. The Bertz CT molecular complexity index is 636. The van der Waals surface area contributed by atoms with Crippen LogP contribution in [0.2, 0.25) is 5.02 Å². The van der Waals surface area contributed by atoms with Gasteiger partial charge in [0.15, 0.2) is 0 Å². The third-order valence-electron chi connectivity index (χ3n) is 4.24. The van der Waals surface area contributed by atoms with Gasteiger partial charge in [0, 0.05) is 10.7 Å². The van der Waals surface area contributed by atoms with Gasteiger partial charge in [-0.25, -0.2) is 4.83 Å². The molecule has 0 radical (unpaired) electrons. The molecular formula is C16H23ClN2O2S. The molecule has 1 aromatic rings. The van der Waals surface area contributed by atoms with Crippen molar-refractivity contribution in [1.82, 2.24) is 4.83 Å². The van der Waals surface area contributed by atoms with Crippen molar-refractivity contribution in [2.45, 2.75) is 51.3 Å². The van der Waals surface area contributed by atoms with Gasteiger partial charge in [0.2, 0.25) is 0 Å². The van der Waals surface area contributed by atoms with Gasteiger partial charge in [-0.15, -0.1) is 0 Å². The molecule has 0 bridgehead atoms. The second-order valence-electron chi connectivity index (χ2n) is 6.87. The molecule has 1 aromatic carbocycles. The van der Waals surface area contributed by atoms with E-state index < -0.39 is 10.0 Å². The SMILES string of the molecule is CC(C)(C)C1CCC(=NNS(=O)(=O)c2ccc(Cl)cc2)CC1. The summed E-state index contributed by atoms with van der Waals surface area (Å²) in [6.07, 6.45) is 3.83. The molecule has 6 heteroatoms. The van der Waals surface area contributed by atoms with Crippen LogP contribution in [-0.2, 0) is 10.0 Å². The largest absolute Gasteiger partial charge is 0.276 e. The highest BCUT2D eigenvalue weighted by atomic mass is 35.5. The Morgan fingerprint density at radius 2 is 1.68 bits per heavy atom. The molecule has 0 aromatic heterocycles. The predicted molar refractivity (Wildman–Crippen MR) is 90.6 cm³/mol. The molecule has 0 saturated heterocycles. The molecule has 2 rings (SSSR count). The van der Waals surface area contributed by atoms with Gasteiger partial charge < -0.3 is 0 Å². The molecular weight excluding hydrogens is 320 g/mol. The van der Waals surface area contributed by atoms with Crippen molar-refractivity contribution in [3.05, 3.63) is 29.3 Å². The van der Waals surface area contributed by atoms with E-state index in [4.69, 9.17) is 11.6 Å². The van der Waals surface area contributed by atoms with Crippen LogP contribution in [0.1, 0.15) is 46.5 Å². The first-order valence-corrected chi connectivity index (χ1v) is 9.37. The fraction of sp³-hybridized carbons (Fsp3) is 0.562. The van der Waals surface area contributed by atoms with Crippen LogP contribution in [0.4, 0.5) is 0 Å². The first kappa shape index (κ1) is 17.3. The van der Waals surface area contributed by atoms with Crippen LogP contribution < -0.4 is 4.83 Å². The molecule has 4 nitrogen and oxygen atoms in total. The average Bonchev–Trinajstić information content (AvgIpc) is 2.45. The van der Waals surface area contributed by atoms with Gasteiger partial charge in [-0.2, -0.15) is 13.5 Å². The summed E-state index contributed by atoms with van der Waals surface area (Å²) in [5.74, 6) is 0.666. The molecule has 22 heavy (non-hydrogen) atoms. The second kappa shape index (κ2) is 6.59. The minimum atomic E-state index is -3.61. The van der Waals surface area contributed by atoms with Gasteiger partial charge in [0.05, 0.1) is 4.90 Å². The smallest absolute Gasteiger partial charge is 0.200 e. The lowest BCUT2D eigenvalue weighted by atomic mass is 9.72. The Morgan fingerprint density at radius 3 is 2.18 bits per heavy atom. The monoisotopic (exact) mass is 342 g/mol. The molecule has 0 aliphatic heterocycles. The van der Waals surface area contributed by atoms with Crippen LogP contribution in [0.3, 0.4) is 0 Å². The molecule has 1 aliphatic rings. The van der Waals surface area contributed by atoms with Gasteiger partial charge in [-0.1, -0.05) is 32.4 Å². The summed E-state index contributed by atoms with van der Waals surface area (Å²) in [7, 11) is -3.61. The normalized spacial score (nSPS) is 19.8. The fourth-order valence-corrected chi connectivity index (χ4v) is 3.70. The van der Waals surface area contributed by atoms with Crippen molar-refractivity contribution in [3.63, 3.8) is 0 Å². The van der Waals surface area contributed by atoms with Gasteiger partial charge in [0.25, 0.3) is 10.0 Å². The summed E-state index contributed by atoms with van der Waals surface area (Å²) in [5, 5.41) is 4.62. The summed E-state index contributed by atoms with van der Waals surface area (Å²) in [4.78, 5) is 2.51. The zero-order chi connectivity index (χ0) is 16.4. The highest BCUT2D eigenvalue weighted by Gasteiger charge is 2.28. The van der Waals surface area contributed by atoms with Crippen LogP contribution >= 0.6 is 11.6 Å². The Balaban J connectivity index is 1.99. The molecule has 0 amide bonds. The van der Waals surface area contributed by atoms with Gasteiger partial charge >= 0.3 is 0 Å². The minimum Gasteiger partial charge on any atom is -0.200 e. The van der Waals surface area contributed by atoms with Crippen LogP contribution in [0.15, 0.2) is 34.3 Å². The Labute approximate surface area is 138 Å². The van der Waals surface area contributed by atoms with E-state index >= 15 is 0 Å². The zero-order valence-electron chi connectivity index (χ0n) is 13.3. The quantitative estimate of drug-likeness (QED) is 0.836. The molecule has 0 spiro atoms. The number of benzene rings is 1. The van der Waals surface area contributed by atoms with Gasteiger partial charge in [0.1, 0.15) is 0 Å². The molecule has 122 valence electrons. The Morgan fingerprint density at radius 1 is 1.14 bits per heavy atom. The highest BCUT2D eigenvalue weighted by molar-refractivity contribution is 7.89. The van der Waals surface area contributed by atoms with Gasteiger partial charge in [-0.05, 0) is 61.3 Å². The number of hydrazone groups is 1. The van der Waals surface area contributed by atoms with Crippen molar-refractivity contribution in [2.75, 3.05) is 0 Å². The first-order valence-electron chi connectivity index (χ1n) is 7.51. The maximum atomic E-state index is 12.1. The lowest BCUT2D eigenvalue weighted by Gasteiger charge is -2.34. The minimum absolute atomic E-state index is 0.171. The Hall–Kier alpha value is -1.07. The molecule has 1 fully saturated rings. The molecule has 0 heterocycles. The van der Waals surface area contributed by atoms with Crippen molar-refractivity contribution in [2.24, 2.45) is 16.4 Å². The van der Waals surface area contributed by atoms with E-state index in [1.807, 2.05) is 0 Å². The van der Waals surface area contributed by atoms with Crippen molar-refractivity contribution >= 4 is 27.3 Å². The highest BCUT2D eigenvalue weighted by Crippen LogP contribution is 2.36. The summed E-state index contributed by atoms with van der Waals surface area (Å²) in [5.41, 5.74) is 1.23. The number of hydrogen-bond donors (Lipinski definition) is 1. The van der Waals surface area contributed by atoms with Crippen molar-refractivity contribution in [3.8, 4) is 0 Å². The fourth-order valence-electron chi connectivity index (χ4n) is 2.72. The van der Waals surface area contributed by atoms with E-state index in [-0.39, 0.29) is 4.90 Å². The number of halogens is 1. The van der Waals surface area contributed by atoms with Crippen LogP contribution in [-0.4, -0.2) is 14.1 Å². The van der Waals surface area contributed by atoms with Crippen LogP contribution in [0.25, 0.3) is 0 Å². The molecule has 1 saturated carbocycles. The van der Waals surface area contributed by atoms with Crippen molar-refractivity contribution < 1.29 is 8.42 Å². The lowest BCUT2D eigenvalue weighted by Crippen LogP contribution is -2.27. The van der Waals surface area contributed by atoms with Crippen LogP contribution in [0.5, 0.6) is 0 Å². The standard InChI is InChI=1S/C16H23ClN2O2S/c1-16(2,3)12-4-8-14(9-5-12)18-19-22(20,21)15-10-6-13(17)7-11-15/h6-7,10-12,19H,4-5,8-9H2,1-3H3. The number of hydrogen-bond acceptors (Lipinski definition) is 3. The summed E-state index contributed by atoms with van der Waals surface area (Å²) >= 11 is 5.77. The summed E-state index contributed by atoms with van der Waals surface area (Å²) in [6.45, 7) is 6.76.